The second-order valence-corrected chi connectivity index (χ2v) is 7.41. The molecule has 0 fully saturated rings. The lowest BCUT2D eigenvalue weighted by atomic mass is 9.98. The topological polar surface area (TPSA) is 50.8 Å². The minimum atomic E-state index is -0.122. The molecule has 3 rings (SSSR count). The Morgan fingerprint density at radius 3 is 2.43 bits per heavy atom. The van der Waals surface area contributed by atoms with E-state index in [1.807, 2.05) is 19.9 Å². The van der Waals surface area contributed by atoms with E-state index < -0.39 is 0 Å². The minimum Gasteiger partial charge on any atom is -0.490 e. The number of nitrogens with zero attached hydrogens (tertiary/aromatic N) is 1. The summed E-state index contributed by atoms with van der Waals surface area (Å²) in [5.41, 5.74) is 2.92. The molecule has 150 valence electrons. The highest BCUT2D eigenvalue weighted by Gasteiger charge is 2.21. The molecule has 1 amide bonds. The Bertz CT molecular complexity index is 858. The Kier molecular flexibility index (Phi) is 7.05. The fourth-order valence-electron chi connectivity index (χ4n) is 3.28. The fourth-order valence-corrected chi connectivity index (χ4v) is 3.62. The van der Waals surface area contributed by atoms with Crippen molar-refractivity contribution in [1.29, 1.82) is 0 Å². The SMILES string of the molecule is CCOc1cc2c(cc1OCC)CN(CC(=O)Nc1cc(Cl)ccc1Cl)CC2. The highest BCUT2D eigenvalue weighted by molar-refractivity contribution is 6.35. The summed E-state index contributed by atoms with van der Waals surface area (Å²) in [4.78, 5) is 14.6. The molecule has 28 heavy (non-hydrogen) atoms. The molecule has 2 aromatic rings. The second kappa shape index (κ2) is 9.50. The lowest BCUT2D eigenvalue weighted by Crippen LogP contribution is -2.37. The van der Waals surface area contributed by atoms with Gasteiger partial charge in [0.2, 0.25) is 5.91 Å². The monoisotopic (exact) mass is 422 g/mol. The van der Waals surface area contributed by atoms with Crippen molar-refractivity contribution in [2.75, 3.05) is 31.6 Å². The number of carbonyl (C=O) groups is 1. The average Bonchev–Trinajstić information content (AvgIpc) is 2.65. The summed E-state index contributed by atoms with van der Waals surface area (Å²) in [5.74, 6) is 1.41. The van der Waals surface area contributed by atoms with Gasteiger partial charge in [-0.1, -0.05) is 23.2 Å². The van der Waals surface area contributed by atoms with Crippen LogP contribution in [-0.4, -0.2) is 37.1 Å². The second-order valence-electron chi connectivity index (χ2n) is 6.57. The minimum absolute atomic E-state index is 0.122. The Morgan fingerprint density at radius 2 is 1.75 bits per heavy atom. The van der Waals surface area contributed by atoms with Crippen LogP contribution in [0.2, 0.25) is 10.0 Å². The molecule has 1 heterocycles. The van der Waals surface area contributed by atoms with Gasteiger partial charge < -0.3 is 14.8 Å². The Hall–Kier alpha value is -1.95. The van der Waals surface area contributed by atoms with Gasteiger partial charge in [0.25, 0.3) is 0 Å². The maximum atomic E-state index is 12.5. The molecular weight excluding hydrogens is 399 g/mol. The van der Waals surface area contributed by atoms with Crippen LogP contribution in [-0.2, 0) is 17.8 Å². The predicted molar refractivity (Wildman–Crippen MR) is 113 cm³/mol. The number of carbonyl (C=O) groups excluding carboxylic acids is 1. The van der Waals surface area contributed by atoms with E-state index in [2.05, 4.69) is 16.3 Å². The van der Waals surface area contributed by atoms with Gasteiger partial charge >= 0.3 is 0 Å². The van der Waals surface area contributed by atoms with E-state index in [-0.39, 0.29) is 12.5 Å². The molecule has 0 saturated carbocycles. The van der Waals surface area contributed by atoms with Crippen molar-refractivity contribution < 1.29 is 14.3 Å². The summed E-state index contributed by atoms with van der Waals surface area (Å²) in [6.45, 7) is 6.83. The van der Waals surface area contributed by atoms with Crippen LogP contribution in [0.4, 0.5) is 5.69 Å². The van der Waals surface area contributed by atoms with E-state index in [1.165, 1.54) is 5.56 Å². The molecule has 0 saturated heterocycles. The summed E-state index contributed by atoms with van der Waals surface area (Å²) in [6, 6.07) is 9.10. The number of amides is 1. The van der Waals surface area contributed by atoms with Gasteiger partial charge in [0.1, 0.15) is 0 Å². The molecule has 0 spiro atoms. The molecule has 0 radical (unpaired) electrons. The maximum absolute atomic E-state index is 12.5. The molecule has 0 aromatic heterocycles. The summed E-state index contributed by atoms with van der Waals surface area (Å²) >= 11 is 12.1. The number of benzene rings is 2. The fraction of sp³-hybridized carbons (Fsp3) is 0.381. The first-order chi connectivity index (χ1) is 13.5. The van der Waals surface area contributed by atoms with Crippen LogP contribution in [0.5, 0.6) is 11.5 Å². The molecule has 7 heteroatoms. The summed E-state index contributed by atoms with van der Waals surface area (Å²) in [5, 5.41) is 3.83. The summed E-state index contributed by atoms with van der Waals surface area (Å²) < 4.78 is 11.4. The largest absolute Gasteiger partial charge is 0.490 e. The Labute approximate surface area is 175 Å². The van der Waals surface area contributed by atoms with Crippen molar-refractivity contribution >= 4 is 34.8 Å². The third-order valence-corrected chi connectivity index (χ3v) is 5.09. The zero-order chi connectivity index (χ0) is 20.1. The van der Waals surface area contributed by atoms with Crippen LogP contribution >= 0.6 is 23.2 Å². The quantitative estimate of drug-likeness (QED) is 0.696. The van der Waals surface area contributed by atoms with Crippen molar-refractivity contribution in [2.24, 2.45) is 0 Å². The number of ether oxygens (including phenoxy) is 2. The number of fused-ring (bicyclic) bond motifs is 1. The van der Waals surface area contributed by atoms with Crippen molar-refractivity contribution in [1.82, 2.24) is 4.90 Å². The molecule has 0 bridgehead atoms. The van der Waals surface area contributed by atoms with Gasteiger partial charge in [-0.05, 0) is 61.7 Å². The highest BCUT2D eigenvalue weighted by Crippen LogP contribution is 2.34. The summed E-state index contributed by atoms with van der Waals surface area (Å²) in [7, 11) is 0. The van der Waals surface area contributed by atoms with Gasteiger partial charge in [-0.2, -0.15) is 0 Å². The number of hydrogen-bond donors (Lipinski definition) is 1. The Balaban J connectivity index is 1.68. The van der Waals surface area contributed by atoms with Gasteiger partial charge in [0, 0.05) is 18.1 Å². The van der Waals surface area contributed by atoms with Crippen LogP contribution < -0.4 is 14.8 Å². The van der Waals surface area contributed by atoms with Crippen LogP contribution in [0.1, 0.15) is 25.0 Å². The van der Waals surface area contributed by atoms with E-state index in [4.69, 9.17) is 32.7 Å². The van der Waals surface area contributed by atoms with E-state index in [9.17, 15) is 4.79 Å². The lowest BCUT2D eigenvalue weighted by Gasteiger charge is -2.29. The first-order valence-electron chi connectivity index (χ1n) is 9.38. The highest BCUT2D eigenvalue weighted by atomic mass is 35.5. The van der Waals surface area contributed by atoms with E-state index in [0.29, 0.717) is 35.5 Å². The number of hydrogen-bond acceptors (Lipinski definition) is 4. The molecule has 5 nitrogen and oxygen atoms in total. The first kappa shape index (κ1) is 20.8. The van der Waals surface area contributed by atoms with Crippen molar-refractivity contribution in [3.63, 3.8) is 0 Å². The molecule has 1 aliphatic rings. The van der Waals surface area contributed by atoms with Gasteiger partial charge in [-0.25, -0.2) is 0 Å². The standard InChI is InChI=1S/C21H24Cl2N2O3/c1-3-27-19-9-14-7-8-25(12-15(14)10-20(19)28-4-2)13-21(26)24-18-11-16(22)5-6-17(18)23/h5-6,9-11H,3-4,7-8,12-13H2,1-2H3,(H,24,26). The van der Waals surface area contributed by atoms with E-state index in [0.717, 1.165) is 30.0 Å². The van der Waals surface area contributed by atoms with Gasteiger partial charge in [0.05, 0.1) is 30.5 Å². The first-order valence-corrected chi connectivity index (χ1v) is 10.1. The zero-order valence-corrected chi connectivity index (χ0v) is 17.6. The predicted octanol–water partition coefficient (Wildman–Crippen LogP) is 4.79. The van der Waals surface area contributed by atoms with E-state index in [1.54, 1.807) is 18.2 Å². The summed E-state index contributed by atoms with van der Waals surface area (Å²) in [6.07, 6.45) is 0.854. The van der Waals surface area contributed by atoms with Gasteiger partial charge in [0.15, 0.2) is 11.5 Å². The van der Waals surface area contributed by atoms with Crippen molar-refractivity contribution in [3.8, 4) is 11.5 Å². The molecule has 0 aliphatic carbocycles. The van der Waals surface area contributed by atoms with Crippen LogP contribution in [0.3, 0.4) is 0 Å². The zero-order valence-electron chi connectivity index (χ0n) is 16.1. The molecule has 1 aliphatic heterocycles. The molecule has 1 N–H and O–H groups in total. The van der Waals surface area contributed by atoms with Crippen molar-refractivity contribution in [2.45, 2.75) is 26.8 Å². The lowest BCUT2D eigenvalue weighted by molar-refractivity contribution is -0.117. The van der Waals surface area contributed by atoms with Crippen molar-refractivity contribution in [3.05, 3.63) is 51.5 Å². The van der Waals surface area contributed by atoms with Gasteiger partial charge in [-0.3, -0.25) is 9.69 Å². The number of rotatable bonds is 7. The molecule has 2 aromatic carbocycles. The smallest absolute Gasteiger partial charge is 0.238 e. The number of halogens is 2. The molecule has 0 unspecified atom stereocenters. The third kappa shape index (κ3) is 5.10. The number of nitrogens with one attached hydrogen (secondary N) is 1. The normalized spacial score (nSPS) is 13.7. The van der Waals surface area contributed by atoms with Gasteiger partial charge in [-0.15, -0.1) is 0 Å². The van der Waals surface area contributed by atoms with Crippen LogP contribution in [0.25, 0.3) is 0 Å². The maximum Gasteiger partial charge on any atom is 0.238 e. The number of anilines is 1. The van der Waals surface area contributed by atoms with Crippen LogP contribution in [0.15, 0.2) is 30.3 Å². The third-order valence-electron chi connectivity index (χ3n) is 4.53. The molecular formula is C21H24Cl2N2O3. The van der Waals surface area contributed by atoms with E-state index >= 15 is 0 Å². The average molecular weight is 423 g/mol. The Morgan fingerprint density at radius 1 is 1.07 bits per heavy atom. The van der Waals surface area contributed by atoms with Crippen LogP contribution in [0, 0.1) is 0 Å². The molecule has 0 atom stereocenters.